The Bertz CT molecular complexity index is 634. The number of aliphatic hydroxyl groups is 1. The number of epoxide rings is 1. The lowest BCUT2D eigenvalue weighted by molar-refractivity contribution is -0.303. The summed E-state index contributed by atoms with van der Waals surface area (Å²) in [4.78, 5) is 12.0. The number of Topliss-reactive ketones (excluding diaryl/α,β-unsaturated/α-hetero) is 1. The fourth-order valence-electron chi connectivity index (χ4n) is 7.54. The topological polar surface area (TPSA) is 49.8 Å². The van der Waals surface area contributed by atoms with Crippen molar-refractivity contribution < 1.29 is 27.8 Å². The molecule has 0 amide bonds. The van der Waals surface area contributed by atoms with Gasteiger partial charge in [-0.3, -0.25) is 4.79 Å². The first-order chi connectivity index (χ1) is 11.6. The molecular formula is C19H25F3O3. The molecule has 0 aromatic rings. The molecule has 1 N–H and O–H groups in total. The predicted molar refractivity (Wildman–Crippen MR) is 82.6 cm³/mol. The predicted octanol–water partition coefficient (Wildman–Crippen LogP) is 3.63. The highest BCUT2D eigenvalue weighted by atomic mass is 19.4. The Kier molecular flexibility index (Phi) is 3.05. The second kappa shape index (κ2) is 4.61. The summed E-state index contributed by atoms with van der Waals surface area (Å²) in [5, 5.41) is 10.6. The molecule has 0 radical (unpaired) electrons. The first-order valence-electron chi connectivity index (χ1n) is 9.64. The normalized spacial score (nSPS) is 57.3. The lowest BCUT2D eigenvalue weighted by Gasteiger charge is -2.56. The highest BCUT2D eigenvalue weighted by Gasteiger charge is 2.75. The van der Waals surface area contributed by atoms with Gasteiger partial charge in [0.25, 0.3) is 0 Å². The maximum absolute atomic E-state index is 13.7. The van der Waals surface area contributed by atoms with Crippen LogP contribution in [-0.2, 0) is 9.53 Å². The fraction of sp³-hybridized carbons (Fsp3) is 0.947. The molecule has 0 aromatic carbocycles. The fourth-order valence-corrected chi connectivity index (χ4v) is 7.54. The molecule has 25 heavy (non-hydrogen) atoms. The average molecular weight is 358 g/mol. The van der Waals surface area contributed by atoms with Gasteiger partial charge >= 0.3 is 6.18 Å². The van der Waals surface area contributed by atoms with Gasteiger partial charge in [0.1, 0.15) is 11.7 Å². The Morgan fingerprint density at radius 1 is 1.04 bits per heavy atom. The van der Waals surface area contributed by atoms with Crippen LogP contribution in [0.15, 0.2) is 0 Å². The lowest BCUT2D eigenvalue weighted by atomic mass is 9.49. The van der Waals surface area contributed by atoms with Crippen molar-refractivity contribution >= 4 is 5.78 Å². The minimum Gasteiger partial charge on any atom is -0.380 e. The van der Waals surface area contributed by atoms with Crippen LogP contribution in [0.5, 0.6) is 0 Å². The van der Waals surface area contributed by atoms with Gasteiger partial charge in [-0.1, -0.05) is 6.92 Å². The van der Waals surface area contributed by atoms with Gasteiger partial charge < -0.3 is 9.84 Å². The Morgan fingerprint density at radius 2 is 1.72 bits per heavy atom. The maximum atomic E-state index is 13.7. The molecule has 1 spiro atoms. The van der Waals surface area contributed by atoms with Crippen molar-refractivity contribution in [2.75, 3.05) is 0 Å². The van der Waals surface area contributed by atoms with Crippen LogP contribution in [0.4, 0.5) is 13.2 Å². The number of carbonyl (C=O) groups excluding carboxylic acids is 1. The summed E-state index contributed by atoms with van der Waals surface area (Å²) in [5.74, 6) is 1.02. The molecule has 1 saturated heterocycles. The molecule has 1 heterocycles. The summed E-state index contributed by atoms with van der Waals surface area (Å²) in [5.41, 5.74) is -3.92. The maximum Gasteiger partial charge on any atom is 0.417 e. The van der Waals surface area contributed by atoms with E-state index in [0.717, 1.165) is 19.3 Å². The summed E-state index contributed by atoms with van der Waals surface area (Å²) in [6, 6.07) is 0. The van der Waals surface area contributed by atoms with E-state index >= 15 is 0 Å². The number of hydrogen-bond acceptors (Lipinski definition) is 3. The van der Waals surface area contributed by atoms with Crippen molar-refractivity contribution in [2.24, 2.45) is 29.1 Å². The molecular weight excluding hydrogens is 333 g/mol. The molecule has 5 fully saturated rings. The molecule has 8 atom stereocenters. The van der Waals surface area contributed by atoms with E-state index in [-0.39, 0.29) is 35.7 Å². The highest BCUT2D eigenvalue weighted by molar-refractivity contribution is 5.88. The van der Waals surface area contributed by atoms with Crippen molar-refractivity contribution in [1.82, 2.24) is 0 Å². The minimum absolute atomic E-state index is 0.0787. The second-order valence-electron chi connectivity index (χ2n) is 9.39. The molecule has 4 saturated carbocycles. The van der Waals surface area contributed by atoms with Crippen LogP contribution in [0.25, 0.3) is 0 Å². The zero-order chi connectivity index (χ0) is 17.8. The summed E-state index contributed by atoms with van der Waals surface area (Å²) < 4.78 is 46.9. The van der Waals surface area contributed by atoms with Gasteiger partial charge in [-0.15, -0.1) is 0 Å². The van der Waals surface area contributed by atoms with Crippen LogP contribution in [0.3, 0.4) is 0 Å². The van der Waals surface area contributed by atoms with E-state index in [0.29, 0.717) is 37.5 Å². The van der Waals surface area contributed by atoms with Crippen LogP contribution >= 0.6 is 0 Å². The van der Waals surface area contributed by atoms with Crippen molar-refractivity contribution in [3.05, 3.63) is 0 Å². The standard InChI is InChI=1S/C19H25F3O3/c1-16-7-4-11-10(12(16)6-9-18(16,24)19(20,21)22)5-8-17-13(11)2-3-14(23)15(17)25-17/h10-13,15,24H,2-9H2,1H3/t10-,11+,12+,13-,15?,16+,17?,18?/m1/s1. The van der Waals surface area contributed by atoms with Crippen molar-refractivity contribution in [1.29, 1.82) is 0 Å². The first-order valence-corrected chi connectivity index (χ1v) is 9.64. The molecule has 3 nitrogen and oxygen atoms in total. The lowest BCUT2D eigenvalue weighted by Crippen LogP contribution is -2.60. The first kappa shape index (κ1) is 16.5. The molecule has 4 aliphatic carbocycles. The molecule has 5 aliphatic rings. The van der Waals surface area contributed by atoms with E-state index in [9.17, 15) is 23.1 Å². The Labute approximate surface area is 145 Å². The van der Waals surface area contributed by atoms with Gasteiger partial charge in [-0.2, -0.15) is 13.2 Å². The molecule has 0 aromatic heterocycles. The van der Waals surface area contributed by atoms with Crippen molar-refractivity contribution in [3.63, 3.8) is 0 Å². The van der Waals surface area contributed by atoms with Gasteiger partial charge in [0.05, 0.1) is 0 Å². The monoisotopic (exact) mass is 358 g/mol. The molecule has 5 rings (SSSR count). The third-order valence-electron chi connectivity index (χ3n) is 8.84. The third-order valence-corrected chi connectivity index (χ3v) is 8.84. The van der Waals surface area contributed by atoms with Crippen LogP contribution < -0.4 is 0 Å². The van der Waals surface area contributed by atoms with Crippen LogP contribution in [0.1, 0.15) is 58.3 Å². The average Bonchev–Trinajstić information content (AvgIpc) is 3.20. The minimum atomic E-state index is -4.57. The molecule has 1 aliphatic heterocycles. The van der Waals surface area contributed by atoms with Gasteiger partial charge in [0.15, 0.2) is 11.4 Å². The Balaban J connectivity index is 1.46. The van der Waals surface area contributed by atoms with Gasteiger partial charge in [0, 0.05) is 11.8 Å². The number of halogens is 3. The number of carbonyl (C=O) groups is 1. The van der Waals surface area contributed by atoms with E-state index < -0.39 is 17.2 Å². The van der Waals surface area contributed by atoms with E-state index in [2.05, 4.69) is 0 Å². The zero-order valence-corrected chi connectivity index (χ0v) is 14.4. The van der Waals surface area contributed by atoms with Crippen LogP contribution in [-0.4, -0.2) is 34.4 Å². The van der Waals surface area contributed by atoms with E-state index in [4.69, 9.17) is 4.74 Å². The van der Waals surface area contributed by atoms with Gasteiger partial charge in [-0.25, -0.2) is 0 Å². The number of rotatable bonds is 0. The number of fused-ring (bicyclic) bond motifs is 4. The van der Waals surface area contributed by atoms with Crippen LogP contribution in [0.2, 0.25) is 0 Å². The molecule has 3 unspecified atom stereocenters. The Morgan fingerprint density at radius 3 is 2.44 bits per heavy atom. The highest BCUT2D eigenvalue weighted by Crippen LogP contribution is 2.70. The van der Waals surface area contributed by atoms with Gasteiger partial charge in [0.2, 0.25) is 0 Å². The van der Waals surface area contributed by atoms with Gasteiger partial charge in [-0.05, 0) is 68.6 Å². The van der Waals surface area contributed by atoms with E-state index in [1.807, 2.05) is 0 Å². The summed E-state index contributed by atoms with van der Waals surface area (Å²) in [6.07, 6.45) is -0.390. The third kappa shape index (κ3) is 1.78. The quantitative estimate of drug-likeness (QED) is 0.673. The number of ether oxygens (including phenoxy) is 1. The van der Waals surface area contributed by atoms with Crippen LogP contribution in [0, 0.1) is 29.1 Å². The smallest absolute Gasteiger partial charge is 0.380 e. The molecule has 0 bridgehead atoms. The molecule has 6 heteroatoms. The largest absolute Gasteiger partial charge is 0.417 e. The summed E-state index contributed by atoms with van der Waals surface area (Å²) in [6.45, 7) is 1.67. The second-order valence-corrected chi connectivity index (χ2v) is 9.39. The van der Waals surface area contributed by atoms with E-state index in [1.165, 1.54) is 0 Å². The van der Waals surface area contributed by atoms with Crippen molar-refractivity contribution in [3.8, 4) is 0 Å². The zero-order valence-electron chi connectivity index (χ0n) is 14.4. The number of hydrogen-bond donors (Lipinski definition) is 1. The molecule has 140 valence electrons. The number of alkyl halides is 3. The number of ketones is 1. The van der Waals surface area contributed by atoms with E-state index in [1.54, 1.807) is 6.92 Å². The van der Waals surface area contributed by atoms with Crippen molar-refractivity contribution in [2.45, 2.75) is 81.8 Å². The SMILES string of the molecule is C[C@]12CC[C@H]3[C@@H](CCC45OC4C(=O)CC[C@H]35)[C@@H]1CCC2(O)C(F)(F)F. The summed E-state index contributed by atoms with van der Waals surface area (Å²) in [7, 11) is 0. The summed E-state index contributed by atoms with van der Waals surface area (Å²) >= 11 is 0. The Hall–Kier alpha value is -0.620.